The number of imidazole rings is 1. The summed E-state index contributed by atoms with van der Waals surface area (Å²) < 4.78 is 8.96. The number of ether oxygens (including phenoxy) is 1. The van der Waals surface area contributed by atoms with Gasteiger partial charge in [-0.15, -0.1) is 10.2 Å². The first-order valence-electron chi connectivity index (χ1n) is 7.41. The molecule has 0 bridgehead atoms. The third-order valence-electron chi connectivity index (χ3n) is 3.92. The molecule has 0 saturated heterocycles. The van der Waals surface area contributed by atoms with Crippen molar-refractivity contribution in [2.45, 2.75) is 20.4 Å². The van der Waals surface area contributed by atoms with Gasteiger partial charge in [0.05, 0.1) is 24.5 Å². The van der Waals surface area contributed by atoms with Crippen LogP contribution in [0.15, 0.2) is 30.9 Å². The van der Waals surface area contributed by atoms with Crippen LogP contribution < -0.4 is 0 Å². The number of fused-ring (bicyclic) bond motifs is 5. The highest BCUT2D eigenvalue weighted by atomic mass is 16.5. The standard InChI is InChI=1S/C16H15N5O2/c1-3-23-16(22)14-13-7-20-9-18-19-15(20)11-6-10(2)4-5-12(11)21(13)8-17-14/h4-6,8-9H,3,7H2,1-2H3. The van der Waals surface area contributed by atoms with Gasteiger partial charge in [-0.25, -0.2) is 9.78 Å². The van der Waals surface area contributed by atoms with E-state index in [1.54, 1.807) is 19.6 Å². The van der Waals surface area contributed by atoms with Gasteiger partial charge in [-0.05, 0) is 26.0 Å². The topological polar surface area (TPSA) is 74.8 Å². The normalized spacial score (nSPS) is 12.1. The molecule has 2 aromatic heterocycles. The Labute approximate surface area is 132 Å². The van der Waals surface area contributed by atoms with Crippen LogP contribution in [0.5, 0.6) is 0 Å². The Hall–Kier alpha value is -2.96. The number of hydrogen-bond donors (Lipinski definition) is 0. The second-order valence-corrected chi connectivity index (χ2v) is 5.43. The van der Waals surface area contributed by atoms with Crippen molar-refractivity contribution in [2.24, 2.45) is 0 Å². The summed E-state index contributed by atoms with van der Waals surface area (Å²) in [6.45, 7) is 4.59. The Balaban J connectivity index is 1.97. The lowest BCUT2D eigenvalue weighted by Gasteiger charge is -2.09. The van der Waals surface area contributed by atoms with E-state index in [2.05, 4.69) is 21.2 Å². The average molecular weight is 309 g/mol. The SMILES string of the molecule is CCOC(=O)c1ncn2c1Cn1cnnc1-c1cc(C)ccc1-2. The molecule has 116 valence electrons. The Morgan fingerprint density at radius 2 is 2.22 bits per heavy atom. The lowest BCUT2D eigenvalue weighted by Crippen LogP contribution is -2.11. The quantitative estimate of drug-likeness (QED) is 0.529. The molecular formula is C16H15N5O2. The molecule has 3 aromatic rings. The lowest BCUT2D eigenvalue weighted by molar-refractivity contribution is 0.0518. The number of rotatable bonds is 2. The Morgan fingerprint density at radius 1 is 1.35 bits per heavy atom. The molecule has 1 aliphatic rings. The molecule has 0 unspecified atom stereocenters. The van der Waals surface area contributed by atoms with Gasteiger partial charge in [0.25, 0.3) is 0 Å². The number of nitrogens with zero attached hydrogens (tertiary/aromatic N) is 5. The molecule has 0 atom stereocenters. The average Bonchev–Trinajstić information content (AvgIpc) is 3.13. The van der Waals surface area contributed by atoms with Crippen LogP contribution in [0.25, 0.3) is 17.1 Å². The highest BCUT2D eigenvalue weighted by Crippen LogP contribution is 2.32. The van der Waals surface area contributed by atoms with E-state index in [0.717, 1.165) is 28.3 Å². The summed E-state index contributed by atoms with van der Waals surface area (Å²) in [5, 5.41) is 8.25. The van der Waals surface area contributed by atoms with Crippen LogP contribution in [0.1, 0.15) is 28.7 Å². The molecule has 0 radical (unpaired) electrons. The number of esters is 1. The van der Waals surface area contributed by atoms with Crippen molar-refractivity contribution in [3.05, 3.63) is 47.8 Å². The molecule has 1 aromatic carbocycles. The predicted octanol–water partition coefficient (Wildman–Crippen LogP) is 1.98. The van der Waals surface area contributed by atoms with Gasteiger partial charge in [-0.2, -0.15) is 0 Å². The van der Waals surface area contributed by atoms with Gasteiger partial charge < -0.3 is 9.30 Å². The van der Waals surface area contributed by atoms with Crippen molar-refractivity contribution >= 4 is 5.97 Å². The van der Waals surface area contributed by atoms with Crippen molar-refractivity contribution in [1.82, 2.24) is 24.3 Å². The second kappa shape index (κ2) is 5.05. The van der Waals surface area contributed by atoms with Crippen molar-refractivity contribution in [1.29, 1.82) is 0 Å². The molecule has 0 N–H and O–H groups in total. The second-order valence-electron chi connectivity index (χ2n) is 5.43. The molecule has 0 aliphatic carbocycles. The maximum absolute atomic E-state index is 12.2. The van der Waals surface area contributed by atoms with Crippen molar-refractivity contribution in [2.75, 3.05) is 6.61 Å². The van der Waals surface area contributed by atoms with Crippen molar-refractivity contribution in [3.8, 4) is 17.1 Å². The van der Waals surface area contributed by atoms with E-state index in [4.69, 9.17) is 4.74 Å². The minimum atomic E-state index is -0.411. The van der Waals surface area contributed by atoms with E-state index in [9.17, 15) is 4.79 Å². The monoisotopic (exact) mass is 309 g/mol. The predicted molar refractivity (Wildman–Crippen MR) is 82.4 cm³/mol. The van der Waals surface area contributed by atoms with Crippen LogP contribution in [0.3, 0.4) is 0 Å². The first kappa shape index (κ1) is 13.7. The fourth-order valence-corrected chi connectivity index (χ4v) is 2.88. The summed E-state index contributed by atoms with van der Waals surface area (Å²) in [5.74, 6) is 0.369. The van der Waals surface area contributed by atoms with Gasteiger partial charge in [-0.1, -0.05) is 11.6 Å². The van der Waals surface area contributed by atoms with Crippen LogP contribution in [0.4, 0.5) is 0 Å². The molecule has 1 aliphatic heterocycles. The fraction of sp³-hybridized carbons (Fsp3) is 0.250. The highest BCUT2D eigenvalue weighted by Gasteiger charge is 2.26. The van der Waals surface area contributed by atoms with E-state index in [0.29, 0.717) is 18.8 Å². The van der Waals surface area contributed by atoms with Crippen LogP contribution in [-0.2, 0) is 11.3 Å². The molecule has 0 saturated carbocycles. The van der Waals surface area contributed by atoms with Gasteiger partial charge in [0.2, 0.25) is 0 Å². The molecule has 7 nitrogen and oxygen atoms in total. The zero-order valence-electron chi connectivity index (χ0n) is 12.9. The van der Waals surface area contributed by atoms with Crippen LogP contribution in [0, 0.1) is 6.92 Å². The molecular weight excluding hydrogens is 294 g/mol. The summed E-state index contributed by atoms with van der Waals surface area (Å²) in [6.07, 6.45) is 3.33. The maximum atomic E-state index is 12.2. The van der Waals surface area contributed by atoms with E-state index in [1.165, 1.54) is 0 Å². The number of aromatic nitrogens is 5. The smallest absolute Gasteiger partial charge is 0.358 e. The van der Waals surface area contributed by atoms with Crippen molar-refractivity contribution in [3.63, 3.8) is 0 Å². The first-order valence-corrected chi connectivity index (χ1v) is 7.41. The van der Waals surface area contributed by atoms with Crippen LogP contribution in [0.2, 0.25) is 0 Å². The van der Waals surface area contributed by atoms with Crippen molar-refractivity contribution < 1.29 is 9.53 Å². The van der Waals surface area contributed by atoms with Gasteiger partial charge >= 0.3 is 5.97 Å². The zero-order valence-corrected chi connectivity index (χ0v) is 12.9. The molecule has 7 heteroatoms. The van der Waals surface area contributed by atoms with Gasteiger partial charge in [-0.3, -0.25) is 4.57 Å². The summed E-state index contributed by atoms with van der Waals surface area (Å²) in [4.78, 5) is 16.4. The summed E-state index contributed by atoms with van der Waals surface area (Å²) in [7, 11) is 0. The lowest BCUT2D eigenvalue weighted by atomic mass is 10.1. The number of benzene rings is 1. The van der Waals surface area contributed by atoms with Gasteiger partial charge in [0, 0.05) is 5.56 Å². The summed E-state index contributed by atoms with van der Waals surface area (Å²) in [6, 6.07) is 6.10. The molecule has 3 heterocycles. The molecule has 0 spiro atoms. The van der Waals surface area contributed by atoms with Gasteiger partial charge in [0.15, 0.2) is 11.5 Å². The number of hydrogen-bond acceptors (Lipinski definition) is 5. The molecule has 23 heavy (non-hydrogen) atoms. The number of carbonyl (C=O) groups is 1. The Morgan fingerprint density at radius 3 is 3.04 bits per heavy atom. The summed E-state index contributed by atoms with van der Waals surface area (Å²) in [5.41, 5.74) is 4.13. The summed E-state index contributed by atoms with van der Waals surface area (Å²) >= 11 is 0. The van der Waals surface area contributed by atoms with E-state index < -0.39 is 5.97 Å². The fourth-order valence-electron chi connectivity index (χ4n) is 2.88. The Bertz CT molecular complexity index is 909. The zero-order chi connectivity index (χ0) is 16.0. The van der Waals surface area contributed by atoms with E-state index >= 15 is 0 Å². The largest absolute Gasteiger partial charge is 0.461 e. The van der Waals surface area contributed by atoms with E-state index in [-0.39, 0.29) is 0 Å². The number of aryl methyl sites for hydroxylation is 1. The molecule has 4 rings (SSSR count). The minimum Gasteiger partial charge on any atom is -0.461 e. The third kappa shape index (κ3) is 2.04. The highest BCUT2D eigenvalue weighted by molar-refractivity contribution is 5.89. The maximum Gasteiger partial charge on any atom is 0.358 e. The van der Waals surface area contributed by atoms with E-state index in [1.807, 2.05) is 28.2 Å². The van der Waals surface area contributed by atoms with Gasteiger partial charge in [0.1, 0.15) is 12.7 Å². The third-order valence-corrected chi connectivity index (χ3v) is 3.92. The van der Waals surface area contributed by atoms with Crippen LogP contribution >= 0.6 is 0 Å². The Kier molecular flexibility index (Phi) is 3.00. The first-order chi connectivity index (χ1) is 11.2. The minimum absolute atomic E-state index is 0.318. The van der Waals surface area contributed by atoms with Crippen LogP contribution in [-0.4, -0.2) is 36.9 Å². The molecule has 0 amide bonds. The number of carbonyl (C=O) groups excluding carboxylic acids is 1. The molecule has 0 fully saturated rings.